The molecule has 6 heteroatoms. The highest BCUT2D eigenvalue weighted by molar-refractivity contribution is 5.99. The molecular formula is C12H15NO5. The van der Waals surface area contributed by atoms with E-state index in [1.54, 1.807) is 6.08 Å². The van der Waals surface area contributed by atoms with Gasteiger partial charge in [0.1, 0.15) is 12.0 Å². The van der Waals surface area contributed by atoms with E-state index in [9.17, 15) is 14.4 Å². The third-order valence-corrected chi connectivity index (χ3v) is 3.58. The zero-order chi connectivity index (χ0) is 13.3. The van der Waals surface area contributed by atoms with Crippen molar-refractivity contribution < 1.29 is 24.6 Å². The van der Waals surface area contributed by atoms with Crippen LogP contribution in [0.3, 0.4) is 0 Å². The highest BCUT2D eigenvalue weighted by Gasteiger charge is 2.44. The molecule has 2 heterocycles. The van der Waals surface area contributed by atoms with Gasteiger partial charge in [-0.05, 0) is 25.7 Å². The number of allylic oxidation sites excluding steroid dienone is 1. The second-order valence-electron chi connectivity index (χ2n) is 4.66. The third kappa shape index (κ3) is 2.10. The predicted octanol–water partition coefficient (Wildman–Crippen LogP) is 0.481. The van der Waals surface area contributed by atoms with Crippen LogP contribution >= 0.6 is 0 Å². The number of carbonyl (C=O) groups excluding carboxylic acids is 1. The number of carbonyl (C=O) groups is 3. The molecule has 0 aromatic carbocycles. The lowest BCUT2D eigenvalue weighted by atomic mass is 9.99. The zero-order valence-corrected chi connectivity index (χ0v) is 9.78. The molecule has 2 N–H and O–H groups in total. The second-order valence-corrected chi connectivity index (χ2v) is 4.66. The summed E-state index contributed by atoms with van der Waals surface area (Å²) in [6.45, 7) is 0. The standard InChI is InChI=1S/C12H15NO5/c14-10-8(11(15)16)4-2-1-3-7-5-6-9(12(17)18)13(7)10/h1-2,7-9H,3-6H2,(H,15,16)(H,17,18)/b2-1-. The molecule has 0 bridgehead atoms. The summed E-state index contributed by atoms with van der Waals surface area (Å²) in [7, 11) is 0. The van der Waals surface area contributed by atoms with Crippen LogP contribution < -0.4 is 0 Å². The molecule has 18 heavy (non-hydrogen) atoms. The normalized spacial score (nSPS) is 33.4. The maximum absolute atomic E-state index is 12.2. The summed E-state index contributed by atoms with van der Waals surface area (Å²) >= 11 is 0. The van der Waals surface area contributed by atoms with Crippen LogP contribution in [0.25, 0.3) is 0 Å². The highest BCUT2D eigenvalue weighted by Crippen LogP contribution is 2.31. The number of hydrogen-bond donors (Lipinski definition) is 2. The first-order chi connectivity index (χ1) is 8.52. The molecule has 2 aliphatic rings. The van der Waals surface area contributed by atoms with Gasteiger partial charge < -0.3 is 15.1 Å². The lowest BCUT2D eigenvalue weighted by Gasteiger charge is -2.31. The van der Waals surface area contributed by atoms with Crippen LogP contribution in [0.4, 0.5) is 0 Å². The van der Waals surface area contributed by atoms with Crippen molar-refractivity contribution in [2.24, 2.45) is 5.92 Å². The molecule has 0 saturated carbocycles. The van der Waals surface area contributed by atoms with Crippen molar-refractivity contribution >= 4 is 17.8 Å². The van der Waals surface area contributed by atoms with Gasteiger partial charge in [-0.2, -0.15) is 0 Å². The Morgan fingerprint density at radius 3 is 2.39 bits per heavy atom. The minimum Gasteiger partial charge on any atom is -0.481 e. The van der Waals surface area contributed by atoms with Gasteiger partial charge in [0.15, 0.2) is 0 Å². The maximum atomic E-state index is 12.2. The Hall–Kier alpha value is -1.85. The van der Waals surface area contributed by atoms with Gasteiger partial charge in [0.05, 0.1) is 0 Å². The number of fused-ring (bicyclic) bond motifs is 1. The lowest BCUT2D eigenvalue weighted by molar-refractivity contribution is -0.157. The number of nitrogens with zero attached hydrogens (tertiary/aromatic N) is 1. The lowest BCUT2D eigenvalue weighted by Crippen LogP contribution is -2.49. The van der Waals surface area contributed by atoms with E-state index in [4.69, 9.17) is 10.2 Å². The smallest absolute Gasteiger partial charge is 0.326 e. The first kappa shape index (κ1) is 12.6. The van der Waals surface area contributed by atoms with Crippen molar-refractivity contribution in [2.75, 3.05) is 0 Å². The number of hydrogen-bond acceptors (Lipinski definition) is 3. The number of amides is 1. The van der Waals surface area contributed by atoms with Gasteiger partial charge >= 0.3 is 11.9 Å². The number of carboxylic acid groups (broad SMARTS) is 2. The molecule has 0 aromatic heterocycles. The number of rotatable bonds is 2. The molecule has 0 radical (unpaired) electrons. The molecule has 0 aliphatic carbocycles. The van der Waals surface area contributed by atoms with E-state index >= 15 is 0 Å². The summed E-state index contributed by atoms with van der Waals surface area (Å²) in [5.41, 5.74) is 0. The Labute approximate surface area is 104 Å². The van der Waals surface area contributed by atoms with Crippen molar-refractivity contribution in [1.82, 2.24) is 4.90 Å². The predicted molar refractivity (Wildman–Crippen MR) is 60.8 cm³/mol. The van der Waals surface area contributed by atoms with Gasteiger partial charge in [-0.1, -0.05) is 12.2 Å². The summed E-state index contributed by atoms with van der Waals surface area (Å²) < 4.78 is 0. The Kier molecular flexibility index (Phi) is 3.36. The van der Waals surface area contributed by atoms with Gasteiger partial charge in [0.2, 0.25) is 5.91 Å². The average molecular weight is 253 g/mol. The van der Waals surface area contributed by atoms with Gasteiger partial charge in [-0.3, -0.25) is 9.59 Å². The van der Waals surface area contributed by atoms with Crippen molar-refractivity contribution in [3.8, 4) is 0 Å². The van der Waals surface area contributed by atoms with Gasteiger partial charge in [-0.25, -0.2) is 4.79 Å². The van der Waals surface area contributed by atoms with Gasteiger partial charge in [0, 0.05) is 6.04 Å². The zero-order valence-electron chi connectivity index (χ0n) is 9.78. The first-order valence-electron chi connectivity index (χ1n) is 5.95. The fourth-order valence-electron chi connectivity index (χ4n) is 2.66. The molecule has 3 atom stereocenters. The van der Waals surface area contributed by atoms with E-state index in [0.29, 0.717) is 19.3 Å². The van der Waals surface area contributed by atoms with Crippen molar-refractivity contribution in [2.45, 2.75) is 37.8 Å². The van der Waals surface area contributed by atoms with Crippen molar-refractivity contribution in [1.29, 1.82) is 0 Å². The van der Waals surface area contributed by atoms with Crippen molar-refractivity contribution in [3.05, 3.63) is 12.2 Å². The van der Waals surface area contributed by atoms with Crippen LogP contribution in [-0.2, 0) is 14.4 Å². The maximum Gasteiger partial charge on any atom is 0.326 e. The summed E-state index contributed by atoms with van der Waals surface area (Å²) in [6.07, 6.45) is 5.27. The van der Waals surface area contributed by atoms with Crippen LogP contribution in [0.5, 0.6) is 0 Å². The average Bonchev–Trinajstić information content (AvgIpc) is 2.68. The Morgan fingerprint density at radius 2 is 1.78 bits per heavy atom. The van der Waals surface area contributed by atoms with E-state index in [2.05, 4.69) is 0 Å². The molecule has 1 fully saturated rings. The first-order valence-corrected chi connectivity index (χ1v) is 5.95. The molecule has 3 unspecified atom stereocenters. The fraction of sp³-hybridized carbons (Fsp3) is 0.583. The summed E-state index contributed by atoms with van der Waals surface area (Å²) in [5.74, 6) is -3.98. The van der Waals surface area contributed by atoms with E-state index < -0.39 is 29.8 Å². The van der Waals surface area contributed by atoms with Gasteiger partial charge in [0.25, 0.3) is 0 Å². The Morgan fingerprint density at radius 1 is 1.11 bits per heavy atom. The molecular weight excluding hydrogens is 238 g/mol. The number of carboxylic acids is 2. The van der Waals surface area contributed by atoms with Crippen LogP contribution in [-0.4, -0.2) is 45.0 Å². The Balaban J connectivity index is 2.32. The molecule has 2 aliphatic heterocycles. The van der Waals surface area contributed by atoms with E-state index in [1.807, 2.05) is 6.08 Å². The minimum absolute atomic E-state index is 0.129. The summed E-state index contributed by atoms with van der Waals surface area (Å²) in [5, 5.41) is 18.1. The number of aliphatic carboxylic acids is 2. The van der Waals surface area contributed by atoms with E-state index in [1.165, 1.54) is 4.90 Å². The third-order valence-electron chi connectivity index (χ3n) is 3.58. The fourth-order valence-corrected chi connectivity index (χ4v) is 2.66. The molecule has 98 valence electrons. The summed E-state index contributed by atoms with van der Waals surface area (Å²) in [4.78, 5) is 35.6. The summed E-state index contributed by atoms with van der Waals surface area (Å²) in [6, 6.07) is -1.06. The van der Waals surface area contributed by atoms with Crippen molar-refractivity contribution in [3.63, 3.8) is 0 Å². The highest BCUT2D eigenvalue weighted by atomic mass is 16.4. The SMILES string of the molecule is O=C(O)C1C/C=C\CC2CCC(C(=O)O)N2C1=O. The van der Waals surface area contributed by atoms with Crippen LogP contribution in [0.15, 0.2) is 12.2 Å². The monoisotopic (exact) mass is 253 g/mol. The molecule has 0 aromatic rings. The molecule has 1 amide bonds. The quantitative estimate of drug-likeness (QED) is 0.551. The van der Waals surface area contributed by atoms with Crippen LogP contribution in [0.1, 0.15) is 25.7 Å². The molecule has 6 nitrogen and oxygen atoms in total. The second kappa shape index (κ2) is 4.80. The Bertz CT molecular complexity index is 417. The largest absolute Gasteiger partial charge is 0.481 e. The topological polar surface area (TPSA) is 94.9 Å². The molecule has 2 rings (SSSR count). The van der Waals surface area contributed by atoms with Crippen LogP contribution in [0.2, 0.25) is 0 Å². The van der Waals surface area contributed by atoms with Crippen LogP contribution in [0, 0.1) is 5.92 Å². The van der Waals surface area contributed by atoms with Gasteiger partial charge in [-0.15, -0.1) is 0 Å². The van der Waals surface area contributed by atoms with E-state index in [-0.39, 0.29) is 12.5 Å². The van der Waals surface area contributed by atoms with E-state index in [0.717, 1.165) is 0 Å². The minimum atomic E-state index is -1.19. The molecule has 1 saturated heterocycles. The molecule has 0 spiro atoms.